The molecule has 4 heteroatoms. The minimum Gasteiger partial charge on any atom is -0.486 e. The van der Waals surface area contributed by atoms with Crippen molar-refractivity contribution < 1.29 is 4.74 Å². The third-order valence-electron chi connectivity index (χ3n) is 3.64. The molecule has 0 aliphatic carbocycles. The Morgan fingerprint density at radius 2 is 1.56 bits per heavy atom. The van der Waals surface area contributed by atoms with E-state index in [1.54, 1.807) is 18.3 Å². The molecule has 3 rings (SSSR count). The van der Waals surface area contributed by atoms with Crippen molar-refractivity contribution in [1.29, 1.82) is 0 Å². The maximum Gasteiger partial charge on any atom is 0.157 e. The third kappa shape index (κ3) is 4.85. The van der Waals surface area contributed by atoms with Gasteiger partial charge in [-0.1, -0.05) is 71.2 Å². The van der Waals surface area contributed by atoms with Gasteiger partial charge in [0.25, 0.3) is 0 Å². The van der Waals surface area contributed by atoms with Crippen LogP contribution >= 0.6 is 23.2 Å². The van der Waals surface area contributed by atoms with Crippen LogP contribution in [0.2, 0.25) is 10.0 Å². The van der Waals surface area contributed by atoms with E-state index in [-0.39, 0.29) is 0 Å². The van der Waals surface area contributed by atoms with Gasteiger partial charge in [0, 0.05) is 6.21 Å². The number of aryl methyl sites for hydroxylation is 1. The van der Waals surface area contributed by atoms with Gasteiger partial charge in [-0.3, -0.25) is 4.99 Å². The second-order valence-corrected chi connectivity index (χ2v) is 6.50. The molecule has 0 saturated heterocycles. The summed E-state index contributed by atoms with van der Waals surface area (Å²) in [6, 6.07) is 21.4. The van der Waals surface area contributed by atoms with Crippen molar-refractivity contribution in [2.24, 2.45) is 4.99 Å². The van der Waals surface area contributed by atoms with E-state index in [1.165, 1.54) is 5.56 Å². The van der Waals surface area contributed by atoms with E-state index in [2.05, 4.69) is 4.99 Å². The lowest BCUT2D eigenvalue weighted by atomic mass is 10.2. The molecule has 0 atom stereocenters. The Hall–Kier alpha value is -2.29. The second-order valence-electron chi connectivity index (χ2n) is 5.68. The number of aliphatic imine (C=N–C) groups is 1. The van der Waals surface area contributed by atoms with E-state index in [9.17, 15) is 0 Å². The first-order valence-electron chi connectivity index (χ1n) is 7.88. The maximum atomic E-state index is 6.34. The van der Waals surface area contributed by atoms with Gasteiger partial charge in [-0.25, -0.2) is 0 Å². The molecule has 0 fully saturated rings. The zero-order valence-corrected chi connectivity index (χ0v) is 15.3. The second kappa shape index (κ2) is 8.19. The van der Waals surface area contributed by atoms with Crippen LogP contribution in [-0.4, -0.2) is 6.21 Å². The molecule has 0 amide bonds. The quantitative estimate of drug-likeness (QED) is 0.462. The molecule has 0 saturated carbocycles. The predicted molar refractivity (Wildman–Crippen MR) is 106 cm³/mol. The molecule has 25 heavy (non-hydrogen) atoms. The van der Waals surface area contributed by atoms with Crippen LogP contribution in [0.25, 0.3) is 0 Å². The minimum atomic E-state index is 0.414. The van der Waals surface area contributed by atoms with E-state index in [4.69, 9.17) is 27.9 Å². The van der Waals surface area contributed by atoms with Crippen LogP contribution in [-0.2, 0) is 6.61 Å². The van der Waals surface area contributed by atoms with Gasteiger partial charge in [0.1, 0.15) is 6.61 Å². The molecule has 0 bridgehead atoms. The summed E-state index contributed by atoms with van der Waals surface area (Å²) in [6.45, 7) is 2.46. The van der Waals surface area contributed by atoms with Crippen LogP contribution in [0.1, 0.15) is 16.7 Å². The van der Waals surface area contributed by atoms with E-state index >= 15 is 0 Å². The lowest BCUT2D eigenvalue weighted by molar-refractivity contribution is 0.306. The van der Waals surface area contributed by atoms with Crippen LogP contribution in [0.3, 0.4) is 0 Å². The molecule has 0 radical (unpaired) electrons. The summed E-state index contributed by atoms with van der Waals surface area (Å²) in [5, 5.41) is 0.934. The van der Waals surface area contributed by atoms with Crippen molar-refractivity contribution in [3.05, 3.63) is 93.5 Å². The van der Waals surface area contributed by atoms with Crippen LogP contribution in [0.15, 0.2) is 71.7 Å². The number of benzene rings is 3. The van der Waals surface area contributed by atoms with E-state index in [0.717, 1.165) is 16.8 Å². The summed E-state index contributed by atoms with van der Waals surface area (Å²) in [4.78, 5) is 4.41. The van der Waals surface area contributed by atoms with Crippen molar-refractivity contribution in [1.82, 2.24) is 0 Å². The fourth-order valence-electron chi connectivity index (χ4n) is 2.29. The monoisotopic (exact) mass is 369 g/mol. The summed E-state index contributed by atoms with van der Waals surface area (Å²) in [5.74, 6) is 0.487. The molecule has 0 aromatic heterocycles. The van der Waals surface area contributed by atoms with Gasteiger partial charge < -0.3 is 4.74 Å². The van der Waals surface area contributed by atoms with Crippen LogP contribution < -0.4 is 4.74 Å². The highest BCUT2D eigenvalue weighted by Gasteiger charge is 2.09. The van der Waals surface area contributed by atoms with Crippen molar-refractivity contribution in [3.8, 4) is 5.75 Å². The lowest BCUT2D eigenvalue weighted by Gasteiger charge is -2.11. The molecule has 0 spiro atoms. The predicted octanol–water partition coefficient (Wildman–Crippen LogP) is 6.63. The molecule has 0 unspecified atom stereocenters. The Bertz CT molecular complexity index is 851. The number of rotatable bonds is 5. The molecule has 0 N–H and O–H groups in total. The fraction of sp³-hybridized carbons (Fsp3) is 0.0952. The first-order valence-corrected chi connectivity index (χ1v) is 8.64. The highest BCUT2D eigenvalue weighted by atomic mass is 35.5. The molecular formula is C21H17Cl2NO. The summed E-state index contributed by atoms with van der Waals surface area (Å²) >= 11 is 12.7. The van der Waals surface area contributed by atoms with E-state index < -0.39 is 0 Å². The zero-order valence-electron chi connectivity index (χ0n) is 13.7. The van der Waals surface area contributed by atoms with Crippen molar-refractivity contribution in [2.45, 2.75) is 13.5 Å². The average Bonchev–Trinajstić information content (AvgIpc) is 2.62. The van der Waals surface area contributed by atoms with Crippen LogP contribution in [0.4, 0.5) is 5.69 Å². The molecule has 126 valence electrons. The molecule has 0 aliphatic heterocycles. The Morgan fingerprint density at radius 1 is 0.920 bits per heavy atom. The van der Waals surface area contributed by atoms with E-state index in [1.807, 2.05) is 61.5 Å². The Kier molecular flexibility index (Phi) is 5.75. The average molecular weight is 370 g/mol. The lowest BCUT2D eigenvalue weighted by Crippen LogP contribution is -1.97. The molecular weight excluding hydrogens is 353 g/mol. The Balaban J connectivity index is 1.73. The standard InChI is InChI=1S/C21H17Cl2NO/c1-15-7-9-16(10-8-15)14-25-21-19(22)11-17(12-20(21)23)13-24-18-5-3-2-4-6-18/h2-13H,14H2,1H3. The molecule has 2 nitrogen and oxygen atoms in total. The highest BCUT2D eigenvalue weighted by molar-refractivity contribution is 6.37. The van der Waals surface area contributed by atoms with Crippen LogP contribution in [0.5, 0.6) is 5.75 Å². The minimum absolute atomic E-state index is 0.414. The SMILES string of the molecule is Cc1ccc(COc2c(Cl)cc(C=Nc3ccccc3)cc2Cl)cc1. The van der Waals surface area contributed by atoms with Gasteiger partial charge in [0.05, 0.1) is 15.7 Å². The van der Waals surface area contributed by atoms with Gasteiger partial charge >= 0.3 is 0 Å². The number of hydrogen-bond acceptors (Lipinski definition) is 2. The molecule has 3 aromatic carbocycles. The smallest absolute Gasteiger partial charge is 0.157 e. The summed E-state index contributed by atoms with van der Waals surface area (Å²) < 4.78 is 5.80. The van der Waals surface area contributed by atoms with Gasteiger partial charge in [-0.2, -0.15) is 0 Å². The summed E-state index contributed by atoms with van der Waals surface area (Å²) in [6.07, 6.45) is 1.73. The van der Waals surface area contributed by atoms with E-state index in [0.29, 0.717) is 22.4 Å². The van der Waals surface area contributed by atoms with Crippen molar-refractivity contribution >= 4 is 35.1 Å². The number of halogens is 2. The topological polar surface area (TPSA) is 21.6 Å². The van der Waals surface area contributed by atoms with Crippen molar-refractivity contribution in [2.75, 3.05) is 0 Å². The largest absolute Gasteiger partial charge is 0.486 e. The van der Waals surface area contributed by atoms with Crippen LogP contribution in [0, 0.1) is 6.92 Å². The highest BCUT2D eigenvalue weighted by Crippen LogP contribution is 2.34. The van der Waals surface area contributed by atoms with Gasteiger partial charge in [-0.05, 0) is 42.3 Å². The number of para-hydroxylation sites is 1. The van der Waals surface area contributed by atoms with Gasteiger partial charge in [0.2, 0.25) is 0 Å². The Morgan fingerprint density at radius 3 is 2.20 bits per heavy atom. The number of nitrogens with zero attached hydrogens (tertiary/aromatic N) is 1. The zero-order chi connectivity index (χ0) is 17.6. The molecule has 0 aliphatic rings. The molecule has 3 aromatic rings. The maximum absolute atomic E-state index is 6.34. The summed E-state index contributed by atoms with van der Waals surface area (Å²) in [7, 11) is 0. The fourth-order valence-corrected chi connectivity index (χ4v) is 2.91. The number of ether oxygens (including phenoxy) is 1. The first kappa shape index (κ1) is 17.5. The van der Waals surface area contributed by atoms with Gasteiger partial charge in [0.15, 0.2) is 5.75 Å². The Labute approximate surface area is 157 Å². The first-order chi connectivity index (χ1) is 12.1. The number of hydrogen-bond donors (Lipinski definition) is 0. The normalized spacial score (nSPS) is 11.0. The molecule has 0 heterocycles. The van der Waals surface area contributed by atoms with Crippen molar-refractivity contribution in [3.63, 3.8) is 0 Å². The summed E-state index contributed by atoms with van der Waals surface area (Å²) in [5.41, 5.74) is 3.96. The van der Waals surface area contributed by atoms with Gasteiger partial charge in [-0.15, -0.1) is 0 Å². The third-order valence-corrected chi connectivity index (χ3v) is 4.20.